The molecule has 2 aliphatic rings. The van der Waals surface area contributed by atoms with Gasteiger partial charge in [0.2, 0.25) is 10.0 Å². The Morgan fingerprint density at radius 2 is 2.09 bits per heavy atom. The number of aromatic nitrogens is 1. The highest BCUT2D eigenvalue weighted by Crippen LogP contribution is 2.36. The summed E-state index contributed by atoms with van der Waals surface area (Å²) in [6.45, 7) is 1.81. The van der Waals surface area contributed by atoms with Gasteiger partial charge in [-0.2, -0.15) is 0 Å². The molecule has 1 aromatic heterocycles. The lowest BCUT2D eigenvalue weighted by Gasteiger charge is -2.37. The van der Waals surface area contributed by atoms with Crippen LogP contribution in [-0.4, -0.2) is 49.6 Å². The lowest BCUT2D eigenvalue weighted by molar-refractivity contribution is 0.312. The zero-order valence-corrected chi connectivity index (χ0v) is 13.4. The van der Waals surface area contributed by atoms with E-state index in [2.05, 4.69) is 10.3 Å². The molecule has 3 heterocycles. The van der Waals surface area contributed by atoms with E-state index in [0.717, 1.165) is 30.0 Å². The van der Waals surface area contributed by atoms with Crippen molar-refractivity contribution in [2.75, 3.05) is 41.9 Å². The lowest BCUT2D eigenvalue weighted by atomic mass is 10.0. The number of hydrogen-bond acceptors (Lipinski definition) is 7. The molecule has 2 aliphatic heterocycles. The second-order valence-electron chi connectivity index (χ2n) is 5.87. The summed E-state index contributed by atoms with van der Waals surface area (Å²) in [4.78, 5) is 4.29. The third kappa shape index (κ3) is 2.71. The second kappa shape index (κ2) is 5.56. The van der Waals surface area contributed by atoms with Crippen molar-refractivity contribution >= 4 is 27.2 Å². The maximum absolute atomic E-state index is 11.6. The van der Waals surface area contributed by atoms with Gasteiger partial charge in [0, 0.05) is 31.2 Å². The fourth-order valence-electron chi connectivity index (χ4n) is 3.19. The van der Waals surface area contributed by atoms with Gasteiger partial charge >= 0.3 is 0 Å². The largest absolute Gasteiger partial charge is 0.396 e. The predicted octanol–water partition coefficient (Wildman–Crippen LogP) is -0.264. The molecule has 1 fully saturated rings. The molecule has 0 atom stereocenters. The highest BCUT2D eigenvalue weighted by atomic mass is 32.2. The first-order valence-electron chi connectivity index (χ1n) is 7.38. The van der Waals surface area contributed by atoms with Crippen molar-refractivity contribution in [1.82, 2.24) is 9.29 Å². The van der Waals surface area contributed by atoms with Crippen LogP contribution in [0.1, 0.15) is 18.4 Å². The molecule has 1 saturated heterocycles. The minimum Gasteiger partial charge on any atom is -0.396 e. The lowest BCUT2D eigenvalue weighted by Crippen LogP contribution is -2.50. The molecule has 9 heteroatoms. The second-order valence-corrected chi connectivity index (χ2v) is 7.85. The van der Waals surface area contributed by atoms with E-state index < -0.39 is 10.0 Å². The number of piperidine rings is 1. The molecule has 8 nitrogen and oxygen atoms in total. The molecule has 0 saturated carbocycles. The van der Waals surface area contributed by atoms with Gasteiger partial charge in [-0.15, -0.1) is 0 Å². The number of nitrogens with one attached hydrogen (secondary N) is 1. The van der Waals surface area contributed by atoms with E-state index >= 15 is 0 Å². The van der Waals surface area contributed by atoms with Gasteiger partial charge in [-0.05, 0) is 19.3 Å². The molecule has 0 bridgehead atoms. The van der Waals surface area contributed by atoms with Crippen molar-refractivity contribution in [3.05, 3.63) is 11.8 Å². The zero-order valence-electron chi connectivity index (χ0n) is 12.6. The van der Waals surface area contributed by atoms with Crippen molar-refractivity contribution in [3.8, 4) is 0 Å². The maximum atomic E-state index is 11.6. The van der Waals surface area contributed by atoms with Crippen LogP contribution in [0.2, 0.25) is 0 Å². The molecule has 0 unspecified atom stereocenters. The molecule has 0 aliphatic carbocycles. The number of nitrogens with zero attached hydrogens (tertiary/aromatic N) is 3. The van der Waals surface area contributed by atoms with Crippen molar-refractivity contribution in [3.63, 3.8) is 0 Å². The topological polar surface area (TPSA) is 118 Å². The SMILES string of the molecule is CS(=O)(=O)N1CCC(N(N)c2c(N)cnc3c2CCN3)CC1. The molecular weight excluding hydrogens is 304 g/mol. The standard InChI is InChI=1S/C13H22N6O2S/c1-22(20,21)18-6-3-9(4-7-18)19(15)12-10-2-5-16-13(10)17-8-11(12)14/h8-9H,2-7,14-15H2,1H3,(H,16,17). The van der Waals surface area contributed by atoms with Gasteiger partial charge in [0.1, 0.15) is 5.82 Å². The first kappa shape index (κ1) is 15.3. The number of rotatable bonds is 3. The van der Waals surface area contributed by atoms with Crippen LogP contribution < -0.4 is 21.9 Å². The van der Waals surface area contributed by atoms with Gasteiger partial charge in [0.05, 0.1) is 23.8 Å². The van der Waals surface area contributed by atoms with Crippen LogP contribution >= 0.6 is 0 Å². The number of nitrogens with two attached hydrogens (primary N) is 2. The van der Waals surface area contributed by atoms with Gasteiger partial charge in [-0.25, -0.2) is 23.5 Å². The Bertz CT molecular complexity index is 669. The predicted molar refractivity (Wildman–Crippen MR) is 86.9 cm³/mol. The highest BCUT2D eigenvalue weighted by Gasteiger charge is 2.30. The summed E-state index contributed by atoms with van der Waals surface area (Å²) < 4.78 is 24.7. The smallest absolute Gasteiger partial charge is 0.211 e. The molecule has 0 aromatic carbocycles. The van der Waals surface area contributed by atoms with Crippen molar-refractivity contribution in [1.29, 1.82) is 0 Å². The van der Waals surface area contributed by atoms with Crippen LogP contribution in [0.25, 0.3) is 0 Å². The third-order valence-electron chi connectivity index (χ3n) is 4.39. The van der Waals surface area contributed by atoms with Crippen molar-refractivity contribution in [2.45, 2.75) is 25.3 Å². The molecule has 1 aromatic rings. The normalized spacial score (nSPS) is 19.7. The zero-order chi connectivity index (χ0) is 15.9. The molecule has 122 valence electrons. The maximum Gasteiger partial charge on any atom is 0.211 e. The number of hydrazine groups is 1. The Morgan fingerprint density at radius 3 is 2.73 bits per heavy atom. The molecule has 3 rings (SSSR count). The number of nitrogen functional groups attached to an aromatic ring is 1. The number of fused-ring (bicyclic) bond motifs is 1. The summed E-state index contributed by atoms with van der Waals surface area (Å²) in [6, 6.07) is 0.0763. The van der Waals surface area contributed by atoms with Crippen LogP contribution in [0.4, 0.5) is 17.2 Å². The number of hydrogen-bond donors (Lipinski definition) is 3. The van der Waals surface area contributed by atoms with Gasteiger partial charge in [-0.3, -0.25) is 0 Å². The van der Waals surface area contributed by atoms with Gasteiger partial charge in [0.25, 0.3) is 0 Å². The van der Waals surface area contributed by atoms with Crippen LogP contribution in [0, 0.1) is 0 Å². The third-order valence-corrected chi connectivity index (χ3v) is 5.69. The van der Waals surface area contributed by atoms with Gasteiger partial charge < -0.3 is 16.1 Å². The van der Waals surface area contributed by atoms with E-state index in [9.17, 15) is 8.42 Å². The molecule has 0 radical (unpaired) electrons. The highest BCUT2D eigenvalue weighted by molar-refractivity contribution is 7.88. The average Bonchev–Trinajstić information content (AvgIpc) is 2.94. The van der Waals surface area contributed by atoms with E-state index in [4.69, 9.17) is 11.6 Å². The van der Waals surface area contributed by atoms with Crippen molar-refractivity contribution in [2.24, 2.45) is 5.84 Å². The first-order valence-corrected chi connectivity index (χ1v) is 9.23. The Hall–Kier alpha value is -1.58. The van der Waals surface area contributed by atoms with Crippen LogP contribution in [0.3, 0.4) is 0 Å². The fourth-order valence-corrected chi connectivity index (χ4v) is 4.07. The summed E-state index contributed by atoms with van der Waals surface area (Å²) in [7, 11) is -3.13. The monoisotopic (exact) mass is 326 g/mol. The minimum absolute atomic E-state index is 0.0763. The van der Waals surface area contributed by atoms with Crippen LogP contribution in [0.15, 0.2) is 6.20 Å². The van der Waals surface area contributed by atoms with E-state index in [1.807, 2.05) is 0 Å². The fraction of sp³-hybridized carbons (Fsp3) is 0.615. The number of anilines is 3. The summed E-state index contributed by atoms with van der Waals surface area (Å²) in [5.74, 6) is 7.17. The molecule has 0 spiro atoms. The quantitative estimate of drug-likeness (QED) is 0.517. The Morgan fingerprint density at radius 1 is 1.41 bits per heavy atom. The number of sulfonamides is 1. The summed E-state index contributed by atoms with van der Waals surface area (Å²) >= 11 is 0. The Labute approximate surface area is 130 Å². The average molecular weight is 326 g/mol. The Balaban J connectivity index is 1.79. The van der Waals surface area contributed by atoms with E-state index in [-0.39, 0.29) is 6.04 Å². The Kier molecular flexibility index (Phi) is 3.87. The molecule has 0 amide bonds. The summed E-state index contributed by atoms with van der Waals surface area (Å²) in [5, 5.41) is 4.93. The summed E-state index contributed by atoms with van der Waals surface area (Å²) in [6.07, 6.45) is 5.09. The van der Waals surface area contributed by atoms with E-state index in [0.29, 0.717) is 31.6 Å². The van der Waals surface area contributed by atoms with Crippen LogP contribution in [-0.2, 0) is 16.4 Å². The van der Waals surface area contributed by atoms with Crippen LogP contribution in [0.5, 0.6) is 0 Å². The first-order chi connectivity index (χ1) is 10.4. The van der Waals surface area contributed by atoms with Gasteiger partial charge in [0.15, 0.2) is 0 Å². The number of pyridine rings is 1. The molecular formula is C13H22N6O2S. The minimum atomic E-state index is -3.13. The molecule has 5 N–H and O–H groups in total. The van der Waals surface area contributed by atoms with E-state index in [1.165, 1.54) is 10.6 Å². The summed E-state index contributed by atoms with van der Waals surface area (Å²) in [5.41, 5.74) is 8.52. The van der Waals surface area contributed by atoms with E-state index in [1.54, 1.807) is 11.2 Å². The molecule has 22 heavy (non-hydrogen) atoms. The van der Waals surface area contributed by atoms with Gasteiger partial charge in [-0.1, -0.05) is 0 Å². The van der Waals surface area contributed by atoms with Crippen molar-refractivity contribution < 1.29 is 8.42 Å².